The Bertz CT molecular complexity index is 604. The summed E-state index contributed by atoms with van der Waals surface area (Å²) in [4.78, 5) is 4.30. The minimum Gasteiger partial charge on any atom is -0.310 e. The number of rotatable bonds is 4. The summed E-state index contributed by atoms with van der Waals surface area (Å²) in [6.45, 7) is 5.48. The fraction of sp³-hybridized carbons (Fsp3) is 0.389. The van der Waals surface area contributed by atoms with Gasteiger partial charge in [-0.3, -0.25) is 4.98 Å². The van der Waals surface area contributed by atoms with Gasteiger partial charge < -0.3 is 5.32 Å². The van der Waals surface area contributed by atoms with Gasteiger partial charge in [0.15, 0.2) is 0 Å². The van der Waals surface area contributed by atoms with E-state index in [0.29, 0.717) is 6.04 Å². The third kappa shape index (κ3) is 2.36. The van der Waals surface area contributed by atoms with Crippen molar-refractivity contribution in [1.29, 1.82) is 0 Å². The average Bonchev–Trinajstić information content (AvgIpc) is 2.89. The predicted octanol–water partition coefficient (Wildman–Crippen LogP) is 4.04. The number of nitrogens with zero attached hydrogens (tertiary/aromatic N) is 1. The summed E-state index contributed by atoms with van der Waals surface area (Å²) in [7, 11) is 0. The molecule has 2 nitrogen and oxygen atoms in total. The number of pyridine rings is 1. The molecule has 3 rings (SSSR count). The van der Waals surface area contributed by atoms with Crippen LogP contribution in [0.5, 0.6) is 0 Å². The largest absolute Gasteiger partial charge is 0.310 e. The number of nitrogens with one attached hydrogen (secondary N) is 1. The number of hydrogen-bond donors (Lipinski definition) is 1. The van der Waals surface area contributed by atoms with Gasteiger partial charge in [-0.25, -0.2) is 0 Å². The second-order valence-corrected chi connectivity index (χ2v) is 5.61. The van der Waals surface area contributed by atoms with Crippen LogP contribution in [-0.4, -0.2) is 11.5 Å². The molecule has 0 saturated carbocycles. The molecule has 1 aromatic heterocycles. The summed E-state index contributed by atoms with van der Waals surface area (Å²) < 4.78 is 0. The molecule has 1 aliphatic carbocycles. The third-order valence-electron chi connectivity index (χ3n) is 4.24. The molecule has 2 aromatic rings. The molecule has 20 heavy (non-hydrogen) atoms. The summed E-state index contributed by atoms with van der Waals surface area (Å²) in [6.07, 6.45) is 7.44. The molecule has 104 valence electrons. The second-order valence-electron chi connectivity index (χ2n) is 5.61. The first kappa shape index (κ1) is 13.3. The Morgan fingerprint density at radius 2 is 2.15 bits per heavy atom. The van der Waals surface area contributed by atoms with E-state index in [2.05, 4.69) is 48.4 Å². The minimum absolute atomic E-state index is 0.530. The van der Waals surface area contributed by atoms with E-state index in [9.17, 15) is 0 Å². The zero-order valence-corrected chi connectivity index (χ0v) is 12.3. The maximum atomic E-state index is 4.30. The Hall–Kier alpha value is -1.67. The van der Waals surface area contributed by atoms with Gasteiger partial charge in [0.2, 0.25) is 0 Å². The van der Waals surface area contributed by atoms with Crippen LogP contribution in [0.1, 0.15) is 42.5 Å². The van der Waals surface area contributed by atoms with Crippen LogP contribution in [0.25, 0.3) is 11.1 Å². The van der Waals surface area contributed by atoms with Crippen molar-refractivity contribution < 1.29 is 0 Å². The van der Waals surface area contributed by atoms with Gasteiger partial charge in [0.25, 0.3) is 0 Å². The van der Waals surface area contributed by atoms with Crippen molar-refractivity contribution in [3.05, 3.63) is 53.3 Å². The van der Waals surface area contributed by atoms with Gasteiger partial charge in [-0.15, -0.1) is 0 Å². The Morgan fingerprint density at radius 3 is 2.95 bits per heavy atom. The molecule has 0 bridgehead atoms. The second kappa shape index (κ2) is 5.76. The van der Waals surface area contributed by atoms with E-state index < -0.39 is 0 Å². The summed E-state index contributed by atoms with van der Waals surface area (Å²) in [5.74, 6) is 0. The van der Waals surface area contributed by atoms with Gasteiger partial charge in [0.1, 0.15) is 0 Å². The predicted molar refractivity (Wildman–Crippen MR) is 83.8 cm³/mol. The molecular weight excluding hydrogens is 244 g/mol. The zero-order chi connectivity index (χ0) is 13.9. The van der Waals surface area contributed by atoms with Gasteiger partial charge in [-0.1, -0.05) is 25.1 Å². The molecule has 0 saturated heterocycles. The monoisotopic (exact) mass is 266 g/mol. The summed E-state index contributed by atoms with van der Waals surface area (Å²) in [5.41, 5.74) is 6.95. The van der Waals surface area contributed by atoms with Crippen LogP contribution in [-0.2, 0) is 6.42 Å². The quantitative estimate of drug-likeness (QED) is 0.903. The highest BCUT2D eigenvalue weighted by Gasteiger charge is 2.24. The first-order valence-electron chi connectivity index (χ1n) is 7.57. The highest BCUT2D eigenvalue weighted by atomic mass is 14.9. The lowest BCUT2D eigenvalue weighted by molar-refractivity contribution is 0.529. The van der Waals surface area contributed by atoms with Crippen molar-refractivity contribution in [2.75, 3.05) is 6.54 Å². The summed E-state index contributed by atoms with van der Waals surface area (Å²) >= 11 is 0. The van der Waals surface area contributed by atoms with Gasteiger partial charge in [0.05, 0.1) is 0 Å². The maximum Gasteiger partial charge on any atom is 0.0349 e. The van der Waals surface area contributed by atoms with Gasteiger partial charge in [-0.2, -0.15) is 0 Å². The molecule has 1 heterocycles. The minimum atomic E-state index is 0.530. The third-order valence-corrected chi connectivity index (χ3v) is 4.24. The Balaban J connectivity index is 2.00. The molecule has 0 fully saturated rings. The SMILES string of the molecule is CCCNC1CCc2c(-c3cnccc3C)cccc21. The molecule has 1 aliphatic rings. The van der Waals surface area contributed by atoms with Crippen molar-refractivity contribution in [1.82, 2.24) is 10.3 Å². The fourth-order valence-corrected chi connectivity index (χ4v) is 3.18. The zero-order valence-electron chi connectivity index (χ0n) is 12.3. The number of benzene rings is 1. The lowest BCUT2D eigenvalue weighted by Gasteiger charge is -2.15. The fourth-order valence-electron chi connectivity index (χ4n) is 3.18. The van der Waals surface area contributed by atoms with E-state index >= 15 is 0 Å². The lowest BCUT2D eigenvalue weighted by atomic mass is 9.95. The van der Waals surface area contributed by atoms with Crippen molar-refractivity contribution in [2.45, 2.75) is 39.2 Å². The Morgan fingerprint density at radius 1 is 1.25 bits per heavy atom. The first-order chi connectivity index (χ1) is 9.81. The van der Waals surface area contributed by atoms with Crippen molar-refractivity contribution >= 4 is 0 Å². The lowest BCUT2D eigenvalue weighted by Crippen LogP contribution is -2.19. The van der Waals surface area contributed by atoms with Crippen LogP contribution in [0, 0.1) is 6.92 Å². The molecule has 1 atom stereocenters. The molecule has 1 N–H and O–H groups in total. The van der Waals surface area contributed by atoms with Crippen LogP contribution >= 0.6 is 0 Å². The highest BCUT2D eigenvalue weighted by Crippen LogP contribution is 2.38. The van der Waals surface area contributed by atoms with Gasteiger partial charge in [0, 0.05) is 24.0 Å². The highest BCUT2D eigenvalue weighted by molar-refractivity contribution is 5.72. The van der Waals surface area contributed by atoms with Crippen LogP contribution in [0.3, 0.4) is 0 Å². The first-order valence-corrected chi connectivity index (χ1v) is 7.57. The van der Waals surface area contributed by atoms with E-state index in [-0.39, 0.29) is 0 Å². The standard InChI is InChI=1S/C18H22N2/c1-3-10-20-18-8-7-15-14(5-4-6-16(15)18)17-12-19-11-9-13(17)2/h4-6,9,11-12,18,20H,3,7-8,10H2,1-2H3. The molecule has 1 aromatic carbocycles. The van der Waals surface area contributed by atoms with Crippen molar-refractivity contribution in [3.8, 4) is 11.1 Å². The van der Waals surface area contributed by atoms with E-state index in [1.807, 2.05) is 12.4 Å². The molecule has 1 unspecified atom stereocenters. The number of aromatic nitrogens is 1. The molecule has 0 radical (unpaired) electrons. The van der Waals surface area contributed by atoms with Gasteiger partial charge >= 0.3 is 0 Å². The van der Waals surface area contributed by atoms with Crippen LogP contribution in [0.4, 0.5) is 0 Å². The Labute approximate surface area is 121 Å². The summed E-state index contributed by atoms with van der Waals surface area (Å²) in [6, 6.07) is 9.33. The van der Waals surface area contributed by atoms with E-state index in [0.717, 1.165) is 6.54 Å². The van der Waals surface area contributed by atoms with Crippen LogP contribution < -0.4 is 5.32 Å². The number of fused-ring (bicyclic) bond motifs is 1. The van der Waals surface area contributed by atoms with Crippen LogP contribution in [0.15, 0.2) is 36.7 Å². The van der Waals surface area contributed by atoms with Gasteiger partial charge in [-0.05, 0) is 61.1 Å². The van der Waals surface area contributed by atoms with Crippen molar-refractivity contribution in [3.63, 3.8) is 0 Å². The van der Waals surface area contributed by atoms with Crippen molar-refractivity contribution in [2.24, 2.45) is 0 Å². The normalized spacial score (nSPS) is 17.2. The topological polar surface area (TPSA) is 24.9 Å². The smallest absolute Gasteiger partial charge is 0.0349 e. The maximum absolute atomic E-state index is 4.30. The van der Waals surface area contributed by atoms with E-state index in [4.69, 9.17) is 0 Å². The number of hydrogen-bond acceptors (Lipinski definition) is 2. The molecule has 0 amide bonds. The average molecular weight is 266 g/mol. The number of aryl methyl sites for hydroxylation is 1. The molecular formula is C18H22N2. The van der Waals surface area contributed by atoms with E-state index in [1.54, 1.807) is 0 Å². The van der Waals surface area contributed by atoms with Crippen LogP contribution in [0.2, 0.25) is 0 Å². The van der Waals surface area contributed by atoms with E-state index in [1.165, 1.54) is 47.1 Å². The molecule has 0 aliphatic heterocycles. The molecule has 2 heteroatoms. The summed E-state index contributed by atoms with van der Waals surface area (Å²) in [5, 5.41) is 3.67. The Kier molecular flexibility index (Phi) is 3.83. The molecule has 0 spiro atoms.